The molecule has 0 bridgehead atoms. The molecule has 1 aromatic rings. The number of methoxy groups -OCH3 is 1. The molecule has 0 saturated heterocycles. The van der Waals surface area contributed by atoms with Gasteiger partial charge in [0.25, 0.3) is 0 Å². The summed E-state index contributed by atoms with van der Waals surface area (Å²) in [6.07, 6.45) is 1.48. The van der Waals surface area contributed by atoms with Gasteiger partial charge in [0.15, 0.2) is 0 Å². The SMILES string of the molecule is COC(=O)C(=Cc1cc(C)c(N)c(Cl)c1)NC(C)=O. The van der Waals surface area contributed by atoms with Gasteiger partial charge in [-0.15, -0.1) is 0 Å². The summed E-state index contributed by atoms with van der Waals surface area (Å²) >= 11 is 5.96. The van der Waals surface area contributed by atoms with Gasteiger partial charge in [-0.05, 0) is 36.3 Å². The van der Waals surface area contributed by atoms with Crippen LogP contribution in [0.25, 0.3) is 6.08 Å². The molecule has 6 heteroatoms. The molecule has 0 atom stereocenters. The van der Waals surface area contributed by atoms with Crippen LogP contribution in [0.4, 0.5) is 5.69 Å². The molecule has 5 nitrogen and oxygen atoms in total. The molecule has 1 aromatic carbocycles. The Kier molecular flexibility index (Phi) is 4.94. The predicted molar refractivity (Wildman–Crippen MR) is 74.4 cm³/mol. The second-order valence-electron chi connectivity index (χ2n) is 3.96. The lowest BCUT2D eigenvalue weighted by molar-refractivity contribution is -0.137. The smallest absolute Gasteiger partial charge is 0.354 e. The van der Waals surface area contributed by atoms with Crippen molar-refractivity contribution in [2.75, 3.05) is 12.8 Å². The number of aryl methyl sites for hydroxylation is 1. The first kappa shape index (κ1) is 15.0. The van der Waals surface area contributed by atoms with E-state index in [4.69, 9.17) is 17.3 Å². The molecular formula is C13H15ClN2O3. The molecule has 0 aliphatic heterocycles. The van der Waals surface area contributed by atoms with Gasteiger partial charge in [-0.2, -0.15) is 0 Å². The van der Waals surface area contributed by atoms with Crippen LogP contribution in [0, 0.1) is 6.92 Å². The number of ether oxygens (including phenoxy) is 1. The van der Waals surface area contributed by atoms with Crippen LogP contribution < -0.4 is 11.1 Å². The number of esters is 1. The number of benzene rings is 1. The highest BCUT2D eigenvalue weighted by Crippen LogP contribution is 2.25. The highest BCUT2D eigenvalue weighted by molar-refractivity contribution is 6.33. The van der Waals surface area contributed by atoms with Crippen molar-refractivity contribution in [1.82, 2.24) is 5.32 Å². The number of carbonyl (C=O) groups excluding carboxylic acids is 2. The Morgan fingerprint density at radius 3 is 2.53 bits per heavy atom. The van der Waals surface area contributed by atoms with Crippen molar-refractivity contribution in [2.45, 2.75) is 13.8 Å². The van der Waals surface area contributed by atoms with Gasteiger partial charge in [0.05, 0.1) is 17.8 Å². The van der Waals surface area contributed by atoms with E-state index < -0.39 is 5.97 Å². The van der Waals surface area contributed by atoms with E-state index in [1.165, 1.54) is 20.1 Å². The molecule has 0 aliphatic rings. The maximum Gasteiger partial charge on any atom is 0.354 e. The maximum atomic E-state index is 11.5. The Morgan fingerprint density at radius 1 is 1.42 bits per heavy atom. The minimum Gasteiger partial charge on any atom is -0.464 e. The average Bonchev–Trinajstić information content (AvgIpc) is 2.33. The van der Waals surface area contributed by atoms with E-state index in [1.54, 1.807) is 19.1 Å². The van der Waals surface area contributed by atoms with Gasteiger partial charge in [0.2, 0.25) is 5.91 Å². The monoisotopic (exact) mass is 282 g/mol. The second-order valence-corrected chi connectivity index (χ2v) is 4.37. The van der Waals surface area contributed by atoms with Crippen molar-refractivity contribution in [3.8, 4) is 0 Å². The Hall–Kier alpha value is -2.01. The van der Waals surface area contributed by atoms with Crippen molar-refractivity contribution >= 4 is 35.2 Å². The Bertz CT molecular complexity index is 530. The number of nitrogens with two attached hydrogens (primary N) is 1. The molecule has 0 radical (unpaired) electrons. The summed E-state index contributed by atoms with van der Waals surface area (Å²) < 4.78 is 4.59. The van der Waals surface area contributed by atoms with Crippen LogP contribution in [0.2, 0.25) is 5.02 Å². The lowest BCUT2D eigenvalue weighted by atomic mass is 10.1. The summed E-state index contributed by atoms with van der Waals surface area (Å²) in [6, 6.07) is 3.36. The lowest BCUT2D eigenvalue weighted by Crippen LogP contribution is -2.25. The second kappa shape index (κ2) is 6.24. The minimum absolute atomic E-state index is 0.0373. The summed E-state index contributed by atoms with van der Waals surface area (Å²) in [5.41, 5.74) is 7.68. The first-order valence-electron chi connectivity index (χ1n) is 5.48. The van der Waals surface area contributed by atoms with Crippen molar-refractivity contribution in [1.29, 1.82) is 0 Å². The van der Waals surface area contributed by atoms with Crippen molar-refractivity contribution < 1.29 is 14.3 Å². The molecule has 0 heterocycles. The zero-order chi connectivity index (χ0) is 14.6. The van der Waals surface area contributed by atoms with Crippen molar-refractivity contribution in [3.63, 3.8) is 0 Å². The fourth-order valence-electron chi connectivity index (χ4n) is 1.48. The molecule has 1 rings (SSSR count). The highest BCUT2D eigenvalue weighted by Gasteiger charge is 2.12. The predicted octanol–water partition coefficient (Wildman–Crippen LogP) is 1.88. The minimum atomic E-state index is -0.638. The molecular weight excluding hydrogens is 268 g/mol. The summed E-state index contributed by atoms with van der Waals surface area (Å²) in [5.74, 6) is -1.00. The third kappa shape index (κ3) is 3.99. The van der Waals surface area contributed by atoms with Gasteiger partial charge in [-0.25, -0.2) is 4.79 Å². The fraction of sp³-hybridized carbons (Fsp3) is 0.231. The Morgan fingerprint density at radius 2 is 2.05 bits per heavy atom. The maximum absolute atomic E-state index is 11.5. The van der Waals surface area contributed by atoms with Crippen LogP contribution in [-0.4, -0.2) is 19.0 Å². The van der Waals surface area contributed by atoms with E-state index in [-0.39, 0.29) is 11.6 Å². The van der Waals surface area contributed by atoms with Crippen LogP contribution in [0.5, 0.6) is 0 Å². The summed E-state index contributed by atoms with van der Waals surface area (Å²) in [6.45, 7) is 3.10. The molecule has 0 fully saturated rings. The highest BCUT2D eigenvalue weighted by atomic mass is 35.5. The number of nitrogens with one attached hydrogen (secondary N) is 1. The van der Waals surface area contributed by atoms with E-state index in [1.807, 2.05) is 0 Å². The third-order valence-electron chi connectivity index (χ3n) is 2.39. The van der Waals surface area contributed by atoms with Crippen molar-refractivity contribution in [3.05, 3.63) is 34.0 Å². The standard InChI is InChI=1S/C13H15ClN2O3/c1-7-4-9(5-10(14)12(7)15)6-11(13(18)19-3)16-8(2)17/h4-6H,15H2,1-3H3,(H,16,17). The van der Waals surface area contributed by atoms with Crippen molar-refractivity contribution in [2.24, 2.45) is 0 Å². The van der Waals surface area contributed by atoms with Gasteiger partial charge in [-0.1, -0.05) is 11.6 Å². The van der Waals surface area contributed by atoms with Gasteiger partial charge in [-0.3, -0.25) is 4.79 Å². The number of nitrogen functional groups attached to an aromatic ring is 1. The first-order valence-corrected chi connectivity index (χ1v) is 5.86. The molecule has 0 saturated carbocycles. The molecule has 3 N–H and O–H groups in total. The zero-order valence-corrected chi connectivity index (χ0v) is 11.7. The summed E-state index contributed by atoms with van der Waals surface area (Å²) in [7, 11) is 1.24. The topological polar surface area (TPSA) is 81.4 Å². The van der Waals surface area contributed by atoms with Gasteiger partial charge >= 0.3 is 5.97 Å². The number of hydrogen-bond donors (Lipinski definition) is 2. The molecule has 102 valence electrons. The summed E-state index contributed by atoms with van der Waals surface area (Å²) in [5, 5.41) is 2.79. The van der Waals surface area contributed by atoms with Gasteiger partial charge in [0.1, 0.15) is 5.70 Å². The first-order chi connectivity index (χ1) is 8.85. The number of halogens is 1. The van der Waals surface area contributed by atoms with E-state index in [0.717, 1.165) is 5.56 Å². The molecule has 19 heavy (non-hydrogen) atoms. The van der Waals surface area contributed by atoms with Gasteiger partial charge < -0.3 is 15.8 Å². The van der Waals surface area contributed by atoms with Crippen LogP contribution in [0.3, 0.4) is 0 Å². The third-order valence-corrected chi connectivity index (χ3v) is 2.70. The lowest BCUT2D eigenvalue weighted by Gasteiger charge is -2.08. The number of carbonyl (C=O) groups is 2. The average molecular weight is 283 g/mol. The molecule has 0 aromatic heterocycles. The van der Waals surface area contributed by atoms with Crippen LogP contribution in [0.1, 0.15) is 18.1 Å². The normalized spacial score (nSPS) is 11.1. The summed E-state index contributed by atoms with van der Waals surface area (Å²) in [4.78, 5) is 22.6. The van der Waals surface area contributed by atoms with E-state index in [0.29, 0.717) is 16.3 Å². The van der Waals surface area contributed by atoms with Crippen LogP contribution in [-0.2, 0) is 14.3 Å². The van der Waals surface area contributed by atoms with Crippen LogP contribution in [0.15, 0.2) is 17.8 Å². The number of anilines is 1. The Balaban J connectivity index is 3.21. The fourth-order valence-corrected chi connectivity index (χ4v) is 1.75. The number of amides is 1. The zero-order valence-electron chi connectivity index (χ0n) is 10.9. The molecule has 0 aliphatic carbocycles. The molecule has 0 unspecified atom stereocenters. The van der Waals surface area contributed by atoms with E-state index >= 15 is 0 Å². The van der Waals surface area contributed by atoms with Crippen LogP contribution >= 0.6 is 11.6 Å². The Labute approximate surface area is 116 Å². The van der Waals surface area contributed by atoms with Gasteiger partial charge in [0, 0.05) is 6.92 Å². The molecule has 1 amide bonds. The quantitative estimate of drug-likeness (QED) is 0.504. The van der Waals surface area contributed by atoms with E-state index in [9.17, 15) is 9.59 Å². The largest absolute Gasteiger partial charge is 0.464 e. The number of hydrogen-bond acceptors (Lipinski definition) is 4. The molecule has 0 spiro atoms. The van der Waals surface area contributed by atoms with E-state index in [2.05, 4.69) is 10.1 Å². The number of rotatable bonds is 3.